The van der Waals surface area contributed by atoms with Gasteiger partial charge in [-0.2, -0.15) is 0 Å². The lowest BCUT2D eigenvalue weighted by molar-refractivity contribution is -0.128. The van der Waals surface area contributed by atoms with Crippen molar-refractivity contribution in [2.24, 2.45) is 0 Å². The summed E-state index contributed by atoms with van der Waals surface area (Å²) in [6.07, 6.45) is 0. The maximum atomic E-state index is 12.5. The van der Waals surface area contributed by atoms with E-state index in [1.807, 2.05) is 54.3 Å². The molecule has 0 fully saturated rings. The minimum atomic E-state index is 0.107. The Hall–Kier alpha value is -1.85. The molecule has 126 valence electrons. The number of carbonyl (C=O) groups excluding carboxylic acids is 1. The van der Waals surface area contributed by atoms with E-state index >= 15 is 0 Å². The second-order valence-electron chi connectivity index (χ2n) is 5.34. The molecular formula is C18H18ClNO3S. The molecule has 0 spiro atoms. The minimum absolute atomic E-state index is 0.107. The van der Waals surface area contributed by atoms with Gasteiger partial charge >= 0.3 is 0 Å². The first-order chi connectivity index (χ1) is 11.7. The van der Waals surface area contributed by atoms with Gasteiger partial charge in [-0.05, 0) is 48.9 Å². The van der Waals surface area contributed by atoms with Crippen molar-refractivity contribution in [2.75, 3.05) is 19.1 Å². The smallest absolute Gasteiger partial charge is 0.233 e. The molecule has 2 aromatic carbocycles. The van der Waals surface area contributed by atoms with Crippen molar-refractivity contribution in [3.8, 4) is 11.5 Å². The maximum Gasteiger partial charge on any atom is 0.233 e. The molecule has 0 saturated heterocycles. The van der Waals surface area contributed by atoms with Crippen molar-refractivity contribution in [1.29, 1.82) is 0 Å². The summed E-state index contributed by atoms with van der Waals surface area (Å²) < 4.78 is 10.7. The molecule has 1 aliphatic heterocycles. The Labute approximate surface area is 150 Å². The van der Waals surface area contributed by atoms with Crippen LogP contribution in [0.2, 0.25) is 5.02 Å². The molecule has 2 aromatic rings. The Morgan fingerprint density at radius 1 is 1.17 bits per heavy atom. The van der Waals surface area contributed by atoms with Crippen molar-refractivity contribution in [3.63, 3.8) is 0 Å². The standard InChI is InChI=1S/C18H18ClNO3S/c1-2-20(10-13-3-8-16-17(9-13)23-12-22-16)18(21)11-24-15-6-4-14(19)5-7-15/h3-9H,2,10-12H2,1H3. The predicted octanol–water partition coefficient (Wildman–Crippen LogP) is 4.21. The van der Waals surface area contributed by atoms with Gasteiger partial charge in [-0.1, -0.05) is 17.7 Å². The molecule has 1 amide bonds. The summed E-state index contributed by atoms with van der Waals surface area (Å²) in [6.45, 7) is 3.46. The summed E-state index contributed by atoms with van der Waals surface area (Å²) in [5.74, 6) is 2.01. The Morgan fingerprint density at radius 3 is 2.67 bits per heavy atom. The average molecular weight is 364 g/mol. The molecule has 1 aliphatic rings. The van der Waals surface area contributed by atoms with E-state index in [0.717, 1.165) is 22.0 Å². The Morgan fingerprint density at radius 2 is 1.92 bits per heavy atom. The van der Waals surface area contributed by atoms with Crippen molar-refractivity contribution in [2.45, 2.75) is 18.4 Å². The third kappa shape index (κ3) is 4.16. The van der Waals surface area contributed by atoms with Gasteiger partial charge in [0.1, 0.15) is 0 Å². The number of thioether (sulfide) groups is 1. The number of amides is 1. The number of fused-ring (bicyclic) bond motifs is 1. The monoisotopic (exact) mass is 363 g/mol. The highest BCUT2D eigenvalue weighted by Crippen LogP contribution is 2.32. The number of ether oxygens (including phenoxy) is 2. The van der Waals surface area contributed by atoms with E-state index < -0.39 is 0 Å². The van der Waals surface area contributed by atoms with Crippen molar-refractivity contribution in [3.05, 3.63) is 53.1 Å². The van der Waals surface area contributed by atoms with Gasteiger partial charge in [-0.25, -0.2) is 0 Å². The molecule has 4 nitrogen and oxygen atoms in total. The van der Waals surface area contributed by atoms with Crippen molar-refractivity contribution < 1.29 is 14.3 Å². The Kier molecular flexibility index (Phi) is 5.53. The number of benzene rings is 2. The molecule has 0 N–H and O–H groups in total. The molecule has 0 aromatic heterocycles. The molecule has 0 saturated carbocycles. The zero-order chi connectivity index (χ0) is 16.9. The minimum Gasteiger partial charge on any atom is -0.454 e. The summed E-state index contributed by atoms with van der Waals surface area (Å²) in [5.41, 5.74) is 1.03. The van der Waals surface area contributed by atoms with Crippen LogP contribution in [0.1, 0.15) is 12.5 Å². The second kappa shape index (κ2) is 7.81. The molecule has 0 atom stereocenters. The van der Waals surface area contributed by atoms with Gasteiger partial charge in [-0.3, -0.25) is 4.79 Å². The number of rotatable bonds is 6. The largest absolute Gasteiger partial charge is 0.454 e. The van der Waals surface area contributed by atoms with Crippen LogP contribution in [-0.2, 0) is 11.3 Å². The molecule has 1 heterocycles. The zero-order valence-corrected chi connectivity index (χ0v) is 14.9. The van der Waals surface area contributed by atoms with E-state index in [4.69, 9.17) is 21.1 Å². The SMILES string of the molecule is CCN(Cc1ccc2c(c1)OCO2)C(=O)CSc1ccc(Cl)cc1. The lowest BCUT2D eigenvalue weighted by Gasteiger charge is -2.21. The maximum absolute atomic E-state index is 12.5. The Bertz CT molecular complexity index is 721. The topological polar surface area (TPSA) is 38.8 Å². The van der Waals surface area contributed by atoms with Crippen molar-refractivity contribution in [1.82, 2.24) is 4.90 Å². The van der Waals surface area contributed by atoms with Crippen LogP contribution in [0.15, 0.2) is 47.4 Å². The first-order valence-electron chi connectivity index (χ1n) is 7.70. The van der Waals surface area contributed by atoms with Gasteiger partial charge in [0.15, 0.2) is 11.5 Å². The van der Waals surface area contributed by atoms with Crippen LogP contribution in [0.4, 0.5) is 0 Å². The zero-order valence-electron chi connectivity index (χ0n) is 13.3. The van der Waals surface area contributed by atoms with Gasteiger partial charge < -0.3 is 14.4 Å². The lowest BCUT2D eigenvalue weighted by atomic mass is 10.2. The number of nitrogens with zero attached hydrogens (tertiary/aromatic N) is 1. The molecule has 3 rings (SSSR count). The predicted molar refractivity (Wildman–Crippen MR) is 95.8 cm³/mol. The molecular weight excluding hydrogens is 346 g/mol. The quantitative estimate of drug-likeness (QED) is 0.721. The molecule has 0 unspecified atom stereocenters. The van der Waals surface area contributed by atoms with E-state index in [2.05, 4.69) is 0 Å². The van der Waals surface area contributed by atoms with Gasteiger partial charge in [0.25, 0.3) is 0 Å². The number of carbonyl (C=O) groups is 1. The van der Waals surface area contributed by atoms with Gasteiger partial charge in [0.05, 0.1) is 5.75 Å². The average Bonchev–Trinajstić information content (AvgIpc) is 3.06. The fourth-order valence-electron chi connectivity index (χ4n) is 2.40. The van der Waals surface area contributed by atoms with Gasteiger partial charge in [0.2, 0.25) is 12.7 Å². The molecule has 24 heavy (non-hydrogen) atoms. The highest BCUT2D eigenvalue weighted by Gasteiger charge is 2.16. The van der Waals surface area contributed by atoms with E-state index in [1.165, 1.54) is 11.8 Å². The van der Waals surface area contributed by atoms with Crippen LogP contribution in [0.25, 0.3) is 0 Å². The fraction of sp³-hybridized carbons (Fsp3) is 0.278. The molecule has 6 heteroatoms. The molecule has 0 bridgehead atoms. The Balaban J connectivity index is 1.58. The number of halogens is 1. The van der Waals surface area contributed by atoms with E-state index in [-0.39, 0.29) is 12.7 Å². The van der Waals surface area contributed by atoms with Crippen LogP contribution in [0.5, 0.6) is 11.5 Å². The second-order valence-corrected chi connectivity index (χ2v) is 6.82. The van der Waals surface area contributed by atoms with E-state index in [0.29, 0.717) is 23.9 Å². The molecule has 0 radical (unpaired) electrons. The van der Waals surface area contributed by atoms with Crippen LogP contribution in [0, 0.1) is 0 Å². The van der Waals surface area contributed by atoms with Crippen molar-refractivity contribution >= 4 is 29.3 Å². The summed E-state index contributed by atoms with van der Waals surface area (Å²) in [6, 6.07) is 13.3. The van der Waals surface area contributed by atoms with Crippen LogP contribution >= 0.6 is 23.4 Å². The normalized spacial score (nSPS) is 12.2. The van der Waals surface area contributed by atoms with Crippen LogP contribution < -0.4 is 9.47 Å². The summed E-state index contributed by atoms with van der Waals surface area (Å²) in [5, 5.41) is 0.698. The summed E-state index contributed by atoms with van der Waals surface area (Å²) in [7, 11) is 0. The third-order valence-corrected chi connectivity index (χ3v) is 4.97. The lowest BCUT2D eigenvalue weighted by Crippen LogP contribution is -2.31. The highest BCUT2D eigenvalue weighted by atomic mass is 35.5. The summed E-state index contributed by atoms with van der Waals surface area (Å²) in [4.78, 5) is 15.3. The fourth-order valence-corrected chi connectivity index (χ4v) is 3.33. The van der Waals surface area contributed by atoms with Crippen LogP contribution in [-0.4, -0.2) is 29.9 Å². The van der Waals surface area contributed by atoms with Crippen LogP contribution in [0.3, 0.4) is 0 Å². The summed E-state index contributed by atoms with van der Waals surface area (Å²) >= 11 is 7.39. The van der Waals surface area contributed by atoms with E-state index in [9.17, 15) is 4.79 Å². The van der Waals surface area contributed by atoms with E-state index in [1.54, 1.807) is 0 Å². The van der Waals surface area contributed by atoms with Gasteiger partial charge in [-0.15, -0.1) is 11.8 Å². The number of hydrogen-bond acceptors (Lipinski definition) is 4. The highest BCUT2D eigenvalue weighted by molar-refractivity contribution is 8.00. The first-order valence-corrected chi connectivity index (χ1v) is 9.06. The third-order valence-electron chi connectivity index (χ3n) is 3.72. The van der Waals surface area contributed by atoms with Gasteiger partial charge in [0, 0.05) is 23.0 Å². The number of hydrogen-bond donors (Lipinski definition) is 0. The first kappa shape index (κ1) is 17.0. The molecule has 0 aliphatic carbocycles.